The largest absolute Gasteiger partial charge is 0.492 e. The molecule has 2 rings (SSSR count). The van der Waals surface area contributed by atoms with Crippen molar-refractivity contribution in [3.05, 3.63) is 35.9 Å². The summed E-state index contributed by atoms with van der Waals surface area (Å²) in [6, 6.07) is 6.91. The van der Waals surface area contributed by atoms with Gasteiger partial charge in [-0.3, -0.25) is 14.7 Å². The molecule has 2 unspecified atom stereocenters. The van der Waals surface area contributed by atoms with Crippen molar-refractivity contribution >= 4 is 17.4 Å². The predicted octanol–water partition coefficient (Wildman–Crippen LogP) is 1.67. The summed E-state index contributed by atoms with van der Waals surface area (Å²) in [5.74, 6) is -0.580. The Morgan fingerprint density at radius 2 is 2.22 bits per heavy atom. The highest BCUT2D eigenvalue weighted by atomic mass is 16.5. The predicted molar refractivity (Wildman–Crippen MR) is 96.1 cm³/mol. The number of nitrogens with one attached hydrogen (secondary N) is 2. The molecule has 9 nitrogen and oxygen atoms in total. The van der Waals surface area contributed by atoms with Crippen LogP contribution in [0.2, 0.25) is 0 Å². The average molecular weight is 371 g/mol. The third kappa shape index (κ3) is 5.36. The first-order valence-electron chi connectivity index (χ1n) is 8.45. The molecular formula is C18H21N5O4. The molecule has 1 aromatic carbocycles. The molecule has 0 aliphatic carbocycles. The van der Waals surface area contributed by atoms with E-state index in [1.807, 2.05) is 6.07 Å². The highest BCUT2D eigenvalue weighted by Gasteiger charge is 2.18. The molecule has 1 aromatic heterocycles. The fourth-order valence-electron chi connectivity index (χ4n) is 2.51. The molecule has 0 bridgehead atoms. The van der Waals surface area contributed by atoms with Crippen molar-refractivity contribution < 1.29 is 19.4 Å². The number of benzene rings is 1. The number of aliphatic hydroxyl groups excluding tert-OH is 1. The summed E-state index contributed by atoms with van der Waals surface area (Å²) in [5, 5.41) is 27.8. The Labute approximate surface area is 156 Å². The Balaban J connectivity index is 1.96. The van der Waals surface area contributed by atoms with E-state index in [9.17, 15) is 20.0 Å². The normalized spacial score (nSPS) is 12.7. The Morgan fingerprint density at radius 3 is 2.85 bits per heavy atom. The first kappa shape index (κ1) is 20.1. The number of carbonyl (C=O) groups excluding carboxylic acids is 2. The molecule has 0 radical (unpaired) electrons. The highest BCUT2D eigenvalue weighted by Crippen LogP contribution is 2.26. The molecule has 0 saturated heterocycles. The van der Waals surface area contributed by atoms with Gasteiger partial charge in [0, 0.05) is 0 Å². The standard InChI is InChI=1S/C18H21N5O4/c1-11(16(25)12(2)24)5-4-8-27-15-7-3-6-14(13(15)9-19)22-18(26)17-20-10-21-23-17/h3,6-7,10-11,16,25H,4-5,8H2,1-2H3,(H,22,26)(H,20,21,23). The van der Waals surface area contributed by atoms with Crippen LogP contribution in [0.1, 0.15) is 42.9 Å². The van der Waals surface area contributed by atoms with E-state index in [0.717, 1.165) is 0 Å². The number of aliphatic hydroxyl groups is 1. The Hall–Kier alpha value is -3.25. The van der Waals surface area contributed by atoms with Crippen LogP contribution >= 0.6 is 0 Å². The molecule has 2 aromatic rings. The van der Waals surface area contributed by atoms with Gasteiger partial charge in [0.05, 0.1) is 12.3 Å². The quantitative estimate of drug-likeness (QED) is 0.569. The molecule has 0 saturated carbocycles. The van der Waals surface area contributed by atoms with Crippen molar-refractivity contribution in [2.24, 2.45) is 5.92 Å². The molecule has 1 heterocycles. The lowest BCUT2D eigenvalue weighted by atomic mass is 9.97. The second-order valence-corrected chi connectivity index (χ2v) is 6.10. The second kappa shape index (κ2) is 9.45. The number of anilines is 1. The van der Waals surface area contributed by atoms with E-state index in [0.29, 0.717) is 30.9 Å². The molecule has 1 amide bonds. The van der Waals surface area contributed by atoms with Crippen LogP contribution in [0.4, 0.5) is 5.69 Å². The van der Waals surface area contributed by atoms with Gasteiger partial charge in [0.2, 0.25) is 5.82 Å². The van der Waals surface area contributed by atoms with Crippen LogP contribution in [-0.4, -0.2) is 44.7 Å². The van der Waals surface area contributed by atoms with Gasteiger partial charge in [-0.25, -0.2) is 4.98 Å². The van der Waals surface area contributed by atoms with Gasteiger partial charge < -0.3 is 15.2 Å². The van der Waals surface area contributed by atoms with E-state index in [4.69, 9.17) is 4.74 Å². The number of nitrogens with zero attached hydrogens (tertiary/aromatic N) is 3. The molecule has 0 fully saturated rings. The van der Waals surface area contributed by atoms with Crippen LogP contribution in [0.15, 0.2) is 24.5 Å². The smallest absolute Gasteiger partial charge is 0.293 e. The van der Waals surface area contributed by atoms with E-state index in [-0.39, 0.29) is 23.1 Å². The van der Waals surface area contributed by atoms with Crippen LogP contribution in [-0.2, 0) is 4.79 Å². The van der Waals surface area contributed by atoms with E-state index in [1.54, 1.807) is 25.1 Å². The zero-order valence-electron chi connectivity index (χ0n) is 15.1. The number of aromatic nitrogens is 3. The van der Waals surface area contributed by atoms with Gasteiger partial charge in [-0.1, -0.05) is 13.0 Å². The van der Waals surface area contributed by atoms with Crippen LogP contribution < -0.4 is 10.1 Å². The van der Waals surface area contributed by atoms with Crippen LogP contribution in [0.25, 0.3) is 0 Å². The average Bonchev–Trinajstić information content (AvgIpc) is 3.19. The Bertz CT molecular complexity index is 829. The van der Waals surface area contributed by atoms with Crippen molar-refractivity contribution in [3.63, 3.8) is 0 Å². The van der Waals surface area contributed by atoms with E-state index < -0.39 is 12.0 Å². The van der Waals surface area contributed by atoms with Crippen LogP contribution in [0.3, 0.4) is 0 Å². The minimum absolute atomic E-state index is 0.0308. The van der Waals surface area contributed by atoms with Gasteiger partial charge in [0.15, 0.2) is 5.78 Å². The number of Topliss-reactive ketones (excluding diaryl/α,β-unsaturated/α-hetero) is 1. The van der Waals surface area contributed by atoms with Gasteiger partial charge >= 0.3 is 0 Å². The lowest BCUT2D eigenvalue weighted by Gasteiger charge is -2.16. The van der Waals surface area contributed by atoms with Gasteiger partial charge in [-0.05, 0) is 37.8 Å². The highest BCUT2D eigenvalue weighted by molar-refractivity contribution is 6.02. The summed E-state index contributed by atoms with van der Waals surface area (Å²) >= 11 is 0. The lowest BCUT2D eigenvalue weighted by molar-refractivity contribution is -0.127. The molecule has 142 valence electrons. The SMILES string of the molecule is CC(=O)C(O)C(C)CCCOc1cccc(NC(=O)c2ncn[nH]2)c1C#N. The number of ketones is 1. The number of H-pyrrole nitrogens is 1. The van der Waals surface area contributed by atoms with E-state index >= 15 is 0 Å². The summed E-state index contributed by atoms with van der Waals surface area (Å²) in [7, 11) is 0. The number of hydrogen-bond donors (Lipinski definition) is 3. The summed E-state index contributed by atoms with van der Waals surface area (Å²) in [6.07, 6.45) is 1.44. The first-order valence-corrected chi connectivity index (χ1v) is 8.45. The fourth-order valence-corrected chi connectivity index (χ4v) is 2.51. The summed E-state index contributed by atoms with van der Waals surface area (Å²) < 4.78 is 5.66. The molecule has 0 spiro atoms. The fraction of sp³-hybridized carbons (Fsp3) is 0.389. The molecule has 0 aliphatic heterocycles. The van der Waals surface area contributed by atoms with Gasteiger partial charge in [0.1, 0.15) is 29.8 Å². The van der Waals surface area contributed by atoms with Crippen molar-refractivity contribution in [2.45, 2.75) is 32.8 Å². The topological polar surface area (TPSA) is 141 Å². The molecule has 9 heteroatoms. The number of rotatable bonds is 9. The van der Waals surface area contributed by atoms with E-state index in [1.165, 1.54) is 13.3 Å². The van der Waals surface area contributed by atoms with Crippen molar-refractivity contribution in [3.8, 4) is 11.8 Å². The van der Waals surface area contributed by atoms with Crippen molar-refractivity contribution in [1.29, 1.82) is 5.26 Å². The summed E-state index contributed by atoms with van der Waals surface area (Å²) in [5.41, 5.74) is 0.499. The third-order valence-corrected chi connectivity index (χ3v) is 4.03. The molecule has 3 N–H and O–H groups in total. The van der Waals surface area contributed by atoms with Crippen LogP contribution in [0, 0.1) is 17.2 Å². The minimum Gasteiger partial charge on any atom is -0.492 e. The zero-order valence-corrected chi connectivity index (χ0v) is 15.1. The van der Waals surface area contributed by atoms with Gasteiger partial charge in [-0.15, -0.1) is 0 Å². The van der Waals surface area contributed by atoms with Crippen molar-refractivity contribution in [2.75, 3.05) is 11.9 Å². The number of aromatic amines is 1. The molecule has 2 atom stereocenters. The molecule has 27 heavy (non-hydrogen) atoms. The van der Waals surface area contributed by atoms with E-state index in [2.05, 4.69) is 20.5 Å². The summed E-state index contributed by atoms with van der Waals surface area (Å²) in [6.45, 7) is 3.46. The Kier molecular flexibility index (Phi) is 7.02. The number of nitriles is 1. The number of hydrogen-bond acceptors (Lipinski definition) is 7. The first-order chi connectivity index (χ1) is 12.9. The monoisotopic (exact) mass is 371 g/mol. The zero-order chi connectivity index (χ0) is 19.8. The lowest BCUT2D eigenvalue weighted by Crippen LogP contribution is -2.25. The third-order valence-electron chi connectivity index (χ3n) is 4.03. The Morgan fingerprint density at radius 1 is 1.44 bits per heavy atom. The minimum atomic E-state index is -0.977. The number of carbonyl (C=O) groups is 2. The molecular weight excluding hydrogens is 350 g/mol. The number of ether oxygens (including phenoxy) is 1. The maximum absolute atomic E-state index is 12.1. The summed E-state index contributed by atoms with van der Waals surface area (Å²) in [4.78, 5) is 27.0. The van der Waals surface area contributed by atoms with Gasteiger partial charge in [0.25, 0.3) is 5.91 Å². The molecule has 0 aliphatic rings. The van der Waals surface area contributed by atoms with Crippen LogP contribution in [0.5, 0.6) is 5.75 Å². The maximum atomic E-state index is 12.1. The van der Waals surface area contributed by atoms with Crippen molar-refractivity contribution in [1.82, 2.24) is 15.2 Å². The van der Waals surface area contributed by atoms with Gasteiger partial charge in [-0.2, -0.15) is 10.4 Å². The number of amides is 1. The maximum Gasteiger partial charge on any atom is 0.293 e. The second-order valence-electron chi connectivity index (χ2n) is 6.10.